The Morgan fingerprint density at radius 1 is 1.15 bits per heavy atom. The zero-order valence-electron chi connectivity index (χ0n) is 23.8. The molecule has 0 aliphatic carbocycles. The van der Waals surface area contributed by atoms with E-state index >= 15 is 0 Å². The number of hydrogen-bond donors (Lipinski definition) is 0. The molecule has 9 nitrogen and oxygen atoms in total. The van der Waals surface area contributed by atoms with Gasteiger partial charge in [-0.2, -0.15) is 15.2 Å². The molecule has 2 aromatic rings. The number of anilines is 2. The quantitative estimate of drug-likeness (QED) is 0.542. The van der Waals surface area contributed by atoms with E-state index in [1.54, 1.807) is 12.0 Å². The molecule has 0 radical (unpaired) electrons. The van der Waals surface area contributed by atoms with Crippen LogP contribution in [0, 0.1) is 25.2 Å². The topological polar surface area (TPSA) is 88.8 Å². The largest absolute Gasteiger partial charge is 0.467 e. The van der Waals surface area contributed by atoms with Gasteiger partial charge in [-0.25, -0.2) is 0 Å². The molecule has 0 N–H and O–H groups in total. The van der Waals surface area contributed by atoms with Gasteiger partial charge in [-0.05, 0) is 76.5 Å². The van der Waals surface area contributed by atoms with Crippen molar-refractivity contribution >= 4 is 17.4 Å². The average Bonchev–Trinajstić information content (AvgIpc) is 3.44. The molecule has 0 saturated carbocycles. The van der Waals surface area contributed by atoms with Gasteiger partial charge in [-0.1, -0.05) is 18.7 Å². The van der Waals surface area contributed by atoms with Crippen LogP contribution in [-0.4, -0.2) is 85.1 Å². The van der Waals surface area contributed by atoms with Gasteiger partial charge in [0.25, 0.3) is 0 Å². The number of ether oxygens (including phenoxy) is 1. The Morgan fingerprint density at radius 2 is 1.92 bits per heavy atom. The number of fused-ring (bicyclic) bond motifs is 1. The van der Waals surface area contributed by atoms with Crippen molar-refractivity contribution in [2.24, 2.45) is 0 Å². The number of piperazine rings is 1. The Morgan fingerprint density at radius 3 is 2.56 bits per heavy atom. The summed E-state index contributed by atoms with van der Waals surface area (Å²) in [6, 6.07) is 8.74. The number of rotatable bonds is 5. The lowest BCUT2D eigenvalue weighted by Gasteiger charge is -2.42. The van der Waals surface area contributed by atoms with Gasteiger partial charge in [-0.15, -0.1) is 0 Å². The molecule has 1 atom stereocenters. The van der Waals surface area contributed by atoms with Gasteiger partial charge in [0.05, 0.1) is 37.9 Å². The second kappa shape index (κ2) is 12.9. The number of likely N-dealkylation sites (tertiary alicyclic amines) is 1. The third kappa shape index (κ3) is 6.51. The van der Waals surface area contributed by atoms with Crippen LogP contribution in [0.2, 0.25) is 0 Å². The van der Waals surface area contributed by atoms with Crippen LogP contribution < -0.4 is 14.5 Å². The van der Waals surface area contributed by atoms with E-state index in [0.717, 1.165) is 30.0 Å². The number of nitrogens with zero attached hydrogens (tertiary/aromatic N) is 7. The summed E-state index contributed by atoms with van der Waals surface area (Å²) in [5.74, 6) is 0.715. The normalized spacial score (nSPS) is 19.1. The first kappa shape index (κ1) is 28.4. The fraction of sp³-hybridized carbons (Fsp3) is 0.533. The Kier molecular flexibility index (Phi) is 9.41. The van der Waals surface area contributed by atoms with Crippen LogP contribution >= 0.6 is 0 Å². The molecule has 3 aliphatic rings. The molecule has 0 spiro atoms. The number of methoxy groups -OCH3 is 1. The zero-order valence-corrected chi connectivity index (χ0v) is 23.8. The van der Waals surface area contributed by atoms with Crippen molar-refractivity contribution in [1.29, 1.82) is 5.26 Å². The van der Waals surface area contributed by atoms with Gasteiger partial charge >= 0.3 is 6.01 Å². The number of aryl methyl sites for hydroxylation is 1. The van der Waals surface area contributed by atoms with Crippen LogP contribution in [0.25, 0.3) is 0 Å². The molecular weight excluding hydrogens is 490 g/mol. The Labute approximate surface area is 232 Å². The number of benzene rings is 1. The minimum Gasteiger partial charge on any atom is -0.467 e. The predicted octanol–water partition coefficient (Wildman–Crippen LogP) is 3.49. The summed E-state index contributed by atoms with van der Waals surface area (Å²) in [5, 5.41) is 9.32. The lowest BCUT2D eigenvalue weighted by atomic mass is 10.0. The van der Waals surface area contributed by atoms with Crippen LogP contribution in [0.4, 0.5) is 11.5 Å². The molecule has 3 aliphatic heterocycles. The second-order valence-corrected chi connectivity index (χ2v) is 10.6. The van der Waals surface area contributed by atoms with Crippen molar-refractivity contribution in [3.63, 3.8) is 0 Å². The Balaban J connectivity index is 0.000000519. The summed E-state index contributed by atoms with van der Waals surface area (Å²) in [7, 11) is 3.75. The number of aromatic nitrogens is 2. The van der Waals surface area contributed by atoms with E-state index in [9.17, 15) is 10.1 Å². The van der Waals surface area contributed by atoms with Crippen molar-refractivity contribution in [3.05, 3.63) is 53.2 Å². The highest BCUT2D eigenvalue weighted by Crippen LogP contribution is 2.33. The summed E-state index contributed by atoms with van der Waals surface area (Å²) in [5.41, 5.74) is 5.87. The third-order valence-corrected chi connectivity index (χ3v) is 8.02. The molecule has 1 amide bonds. The van der Waals surface area contributed by atoms with Gasteiger partial charge in [0, 0.05) is 37.4 Å². The molecule has 2 saturated heterocycles. The lowest BCUT2D eigenvalue weighted by Crippen LogP contribution is -2.55. The summed E-state index contributed by atoms with van der Waals surface area (Å²) in [4.78, 5) is 30.3. The van der Waals surface area contributed by atoms with Gasteiger partial charge < -0.3 is 24.3 Å². The maximum Gasteiger partial charge on any atom is 0.318 e. The van der Waals surface area contributed by atoms with Gasteiger partial charge in [0.1, 0.15) is 5.82 Å². The first-order valence-electron chi connectivity index (χ1n) is 13.8. The third-order valence-electron chi connectivity index (χ3n) is 8.02. The van der Waals surface area contributed by atoms with Crippen molar-refractivity contribution in [2.45, 2.75) is 52.1 Å². The highest BCUT2D eigenvalue weighted by molar-refractivity contribution is 5.87. The Bertz CT molecular complexity index is 1220. The van der Waals surface area contributed by atoms with E-state index in [4.69, 9.17) is 14.7 Å². The van der Waals surface area contributed by atoms with Crippen molar-refractivity contribution in [1.82, 2.24) is 19.8 Å². The van der Waals surface area contributed by atoms with Crippen molar-refractivity contribution < 1.29 is 9.53 Å². The smallest absolute Gasteiger partial charge is 0.318 e. The summed E-state index contributed by atoms with van der Waals surface area (Å²) >= 11 is 0. The first-order chi connectivity index (χ1) is 18.9. The molecule has 1 aromatic carbocycles. The average molecular weight is 532 g/mol. The van der Waals surface area contributed by atoms with E-state index in [1.165, 1.54) is 48.8 Å². The van der Waals surface area contributed by atoms with Crippen molar-refractivity contribution in [3.8, 4) is 12.1 Å². The molecule has 0 bridgehead atoms. The van der Waals surface area contributed by atoms with E-state index in [-0.39, 0.29) is 18.4 Å². The number of hydrogen-bond acceptors (Lipinski definition) is 8. The maximum absolute atomic E-state index is 12.3. The van der Waals surface area contributed by atoms with E-state index in [1.807, 2.05) is 0 Å². The molecule has 9 heteroatoms. The van der Waals surface area contributed by atoms with E-state index < -0.39 is 0 Å². The second-order valence-electron chi connectivity index (χ2n) is 10.6. The predicted molar refractivity (Wildman–Crippen MR) is 154 cm³/mol. The highest BCUT2D eigenvalue weighted by atomic mass is 16.5. The molecule has 4 heterocycles. The van der Waals surface area contributed by atoms with Crippen LogP contribution in [-0.2, 0) is 17.8 Å². The molecule has 5 rings (SSSR count). The molecular formula is C30H41N7O2. The van der Waals surface area contributed by atoms with Crippen LogP contribution in [0.5, 0.6) is 6.01 Å². The van der Waals surface area contributed by atoms with E-state index in [0.29, 0.717) is 32.2 Å². The minimum atomic E-state index is -0.208. The van der Waals surface area contributed by atoms with Gasteiger partial charge in [0.15, 0.2) is 0 Å². The summed E-state index contributed by atoms with van der Waals surface area (Å²) in [6.07, 6.45) is 5.22. The highest BCUT2D eigenvalue weighted by Gasteiger charge is 2.33. The van der Waals surface area contributed by atoms with Crippen LogP contribution in [0.1, 0.15) is 41.6 Å². The van der Waals surface area contributed by atoms with Crippen LogP contribution in [0.15, 0.2) is 30.9 Å². The van der Waals surface area contributed by atoms with Gasteiger partial charge in [-0.3, -0.25) is 4.79 Å². The molecule has 2 fully saturated rings. The molecule has 1 unspecified atom stereocenters. The standard InChI is InChI=1S/C25H30N6O2.C5H11N/c1-5-23(32)31-14-13-30(15-19(31)9-11-26)24-20-10-12-29(16-21(20)27-25(28-24)33-4)22-8-6-7-17(2)18(22)3;1-6-4-2-3-5-6/h5-8,19H,1,9-10,12-16H2,2-4H3;2-5H2,1H3. The lowest BCUT2D eigenvalue weighted by molar-refractivity contribution is -0.128. The fourth-order valence-corrected chi connectivity index (χ4v) is 5.64. The monoisotopic (exact) mass is 531 g/mol. The number of carbonyl (C=O) groups excluding carboxylic acids is 1. The maximum atomic E-state index is 12.3. The molecule has 39 heavy (non-hydrogen) atoms. The molecule has 1 aromatic heterocycles. The minimum absolute atomic E-state index is 0.138. The summed E-state index contributed by atoms with van der Waals surface area (Å²) < 4.78 is 5.45. The SMILES string of the molecule is C=CC(=O)N1CCN(c2nc(OC)nc3c2CCN(c2cccc(C)c2C)C3)CC1CC#N.CN1CCCC1. The Hall–Kier alpha value is -3.64. The first-order valence-corrected chi connectivity index (χ1v) is 13.8. The van der Waals surface area contributed by atoms with Gasteiger partial charge in [0.2, 0.25) is 5.91 Å². The van der Waals surface area contributed by atoms with E-state index in [2.05, 4.69) is 66.4 Å². The number of amides is 1. The van der Waals surface area contributed by atoms with Crippen molar-refractivity contribution in [2.75, 3.05) is 63.2 Å². The zero-order chi connectivity index (χ0) is 27.9. The number of nitriles is 1. The molecule has 208 valence electrons. The number of carbonyl (C=O) groups is 1. The fourth-order valence-electron chi connectivity index (χ4n) is 5.64. The van der Waals surface area contributed by atoms with Crippen LogP contribution in [0.3, 0.4) is 0 Å². The summed E-state index contributed by atoms with van der Waals surface area (Å²) in [6.45, 7) is 13.8.